The standard InChI is InChI=1S/C11H12O2/c1-8(12)10-5-4-9-3-2-6-13-11(9)7-10/h4-5,7H,2-3,6H2,1H3. The summed E-state index contributed by atoms with van der Waals surface area (Å²) in [6, 6.07) is 5.71. The Morgan fingerprint density at radius 3 is 3.08 bits per heavy atom. The van der Waals surface area contributed by atoms with Gasteiger partial charge in [0.2, 0.25) is 0 Å². The Bertz CT molecular complexity index is 342. The number of hydrogen-bond acceptors (Lipinski definition) is 2. The number of Topliss-reactive ketones (excluding diaryl/α,β-unsaturated/α-hetero) is 1. The van der Waals surface area contributed by atoms with E-state index < -0.39 is 0 Å². The van der Waals surface area contributed by atoms with Gasteiger partial charge in [0.05, 0.1) is 6.61 Å². The smallest absolute Gasteiger partial charge is 0.159 e. The number of benzene rings is 1. The van der Waals surface area contributed by atoms with E-state index in [4.69, 9.17) is 4.74 Å². The van der Waals surface area contributed by atoms with Gasteiger partial charge < -0.3 is 4.74 Å². The summed E-state index contributed by atoms with van der Waals surface area (Å²) in [5.41, 5.74) is 1.96. The van der Waals surface area contributed by atoms with E-state index in [0.717, 1.165) is 30.8 Å². The molecule has 0 radical (unpaired) electrons. The topological polar surface area (TPSA) is 26.3 Å². The first-order valence-electron chi connectivity index (χ1n) is 4.54. The SMILES string of the molecule is CC(=O)c1ccc2c(c1)OCCC2. The molecule has 0 bridgehead atoms. The van der Waals surface area contributed by atoms with Gasteiger partial charge in [0.15, 0.2) is 5.78 Å². The summed E-state index contributed by atoms with van der Waals surface area (Å²) in [5, 5.41) is 0. The van der Waals surface area contributed by atoms with Gasteiger partial charge in [0.25, 0.3) is 0 Å². The number of hydrogen-bond donors (Lipinski definition) is 0. The molecule has 1 aliphatic heterocycles. The highest BCUT2D eigenvalue weighted by Crippen LogP contribution is 2.25. The van der Waals surface area contributed by atoms with Gasteiger partial charge >= 0.3 is 0 Å². The summed E-state index contributed by atoms with van der Waals surface area (Å²) in [6.07, 6.45) is 2.14. The molecule has 1 aromatic carbocycles. The first-order valence-corrected chi connectivity index (χ1v) is 4.54. The minimum atomic E-state index is 0.0944. The van der Waals surface area contributed by atoms with Crippen molar-refractivity contribution < 1.29 is 9.53 Å². The third-order valence-electron chi connectivity index (χ3n) is 2.32. The summed E-state index contributed by atoms with van der Waals surface area (Å²) < 4.78 is 5.46. The van der Waals surface area contributed by atoms with E-state index in [9.17, 15) is 4.79 Å². The quantitative estimate of drug-likeness (QED) is 0.613. The second-order valence-electron chi connectivity index (χ2n) is 3.33. The first-order chi connectivity index (χ1) is 6.27. The number of rotatable bonds is 1. The number of ketones is 1. The van der Waals surface area contributed by atoms with Gasteiger partial charge in [-0.15, -0.1) is 0 Å². The van der Waals surface area contributed by atoms with Crippen molar-refractivity contribution in [3.05, 3.63) is 29.3 Å². The van der Waals surface area contributed by atoms with Gasteiger partial charge in [-0.05, 0) is 31.4 Å². The number of carbonyl (C=O) groups is 1. The number of carbonyl (C=O) groups excluding carboxylic acids is 1. The second kappa shape index (κ2) is 3.21. The lowest BCUT2D eigenvalue weighted by atomic mass is 10.0. The molecular weight excluding hydrogens is 164 g/mol. The fraction of sp³-hybridized carbons (Fsp3) is 0.364. The van der Waals surface area contributed by atoms with E-state index in [-0.39, 0.29) is 5.78 Å². The number of fused-ring (bicyclic) bond motifs is 1. The molecule has 0 amide bonds. The van der Waals surface area contributed by atoms with Crippen LogP contribution in [0.2, 0.25) is 0 Å². The molecule has 0 N–H and O–H groups in total. The number of aryl methyl sites for hydroxylation is 1. The zero-order chi connectivity index (χ0) is 9.26. The Morgan fingerprint density at radius 1 is 1.46 bits per heavy atom. The monoisotopic (exact) mass is 176 g/mol. The molecule has 68 valence electrons. The van der Waals surface area contributed by atoms with Crippen LogP contribution >= 0.6 is 0 Å². The van der Waals surface area contributed by atoms with E-state index >= 15 is 0 Å². The lowest BCUT2D eigenvalue weighted by Crippen LogP contribution is -2.09. The summed E-state index contributed by atoms with van der Waals surface area (Å²) in [7, 11) is 0. The average molecular weight is 176 g/mol. The van der Waals surface area contributed by atoms with Crippen molar-refractivity contribution in [2.45, 2.75) is 19.8 Å². The molecule has 1 heterocycles. The molecule has 1 aliphatic rings. The highest BCUT2D eigenvalue weighted by atomic mass is 16.5. The van der Waals surface area contributed by atoms with Crippen LogP contribution < -0.4 is 4.74 Å². The summed E-state index contributed by atoms with van der Waals surface area (Å²) in [5.74, 6) is 0.982. The van der Waals surface area contributed by atoms with Gasteiger partial charge in [-0.3, -0.25) is 4.79 Å². The maximum atomic E-state index is 11.1. The minimum absolute atomic E-state index is 0.0944. The summed E-state index contributed by atoms with van der Waals surface area (Å²) in [4.78, 5) is 11.1. The highest BCUT2D eigenvalue weighted by molar-refractivity contribution is 5.94. The molecule has 0 atom stereocenters. The molecule has 2 nitrogen and oxygen atoms in total. The van der Waals surface area contributed by atoms with Crippen LogP contribution in [0.5, 0.6) is 5.75 Å². The Hall–Kier alpha value is -1.31. The highest BCUT2D eigenvalue weighted by Gasteiger charge is 2.11. The van der Waals surface area contributed by atoms with Crippen LogP contribution in [0.1, 0.15) is 29.3 Å². The van der Waals surface area contributed by atoms with E-state index in [0.29, 0.717) is 0 Å². The molecule has 0 saturated heterocycles. The Labute approximate surface area is 77.5 Å². The molecule has 2 heteroatoms. The Balaban J connectivity index is 2.40. The van der Waals surface area contributed by atoms with Crippen molar-refractivity contribution in [2.24, 2.45) is 0 Å². The van der Waals surface area contributed by atoms with Crippen molar-refractivity contribution in [2.75, 3.05) is 6.61 Å². The fourth-order valence-electron chi connectivity index (χ4n) is 1.56. The molecule has 0 unspecified atom stereocenters. The Kier molecular flexibility index (Phi) is 2.05. The van der Waals surface area contributed by atoms with E-state index in [1.54, 1.807) is 6.92 Å². The van der Waals surface area contributed by atoms with Crippen LogP contribution in [0.4, 0.5) is 0 Å². The van der Waals surface area contributed by atoms with Crippen molar-refractivity contribution in [3.8, 4) is 5.75 Å². The second-order valence-corrected chi connectivity index (χ2v) is 3.33. The van der Waals surface area contributed by atoms with Gasteiger partial charge in [-0.2, -0.15) is 0 Å². The first kappa shape index (κ1) is 8.30. The molecule has 0 aliphatic carbocycles. The Morgan fingerprint density at radius 2 is 2.31 bits per heavy atom. The number of ether oxygens (including phenoxy) is 1. The van der Waals surface area contributed by atoms with Crippen LogP contribution in [0.25, 0.3) is 0 Å². The fourth-order valence-corrected chi connectivity index (χ4v) is 1.56. The van der Waals surface area contributed by atoms with Crippen molar-refractivity contribution in [1.82, 2.24) is 0 Å². The molecule has 1 aromatic rings. The molecule has 0 saturated carbocycles. The largest absolute Gasteiger partial charge is 0.493 e. The van der Waals surface area contributed by atoms with Crippen LogP contribution in [-0.4, -0.2) is 12.4 Å². The van der Waals surface area contributed by atoms with Crippen molar-refractivity contribution in [3.63, 3.8) is 0 Å². The predicted molar refractivity (Wildman–Crippen MR) is 50.3 cm³/mol. The molecule has 13 heavy (non-hydrogen) atoms. The lowest BCUT2D eigenvalue weighted by Gasteiger charge is -2.17. The van der Waals surface area contributed by atoms with E-state index in [2.05, 4.69) is 0 Å². The molecule has 2 rings (SSSR count). The van der Waals surface area contributed by atoms with Crippen molar-refractivity contribution in [1.29, 1.82) is 0 Å². The molecular formula is C11H12O2. The maximum absolute atomic E-state index is 11.1. The average Bonchev–Trinajstić information content (AvgIpc) is 2.17. The van der Waals surface area contributed by atoms with Crippen LogP contribution in [0, 0.1) is 0 Å². The van der Waals surface area contributed by atoms with E-state index in [1.165, 1.54) is 5.56 Å². The van der Waals surface area contributed by atoms with Crippen LogP contribution in [-0.2, 0) is 6.42 Å². The molecule has 0 aromatic heterocycles. The zero-order valence-electron chi connectivity index (χ0n) is 7.67. The lowest BCUT2D eigenvalue weighted by molar-refractivity contribution is 0.101. The van der Waals surface area contributed by atoms with Gasteiger partial charge in [-0.25, -0.2) is 0 Å². The zero-order valence-corrected chi connectivity index (χ0v) is 7.67. The van der Waals surface area contributed by atoms with Gasteiger partial charge in [0.1, 0.15) is 5.75 Å². The summed E-state index contributed by atoms with van der Waals surface area (Å²) in [6.45, 7) is 2.35. The van der Waals surface area contributed by atoms with Crippen LogP contribution in [0.15, 0.2) is 18.2 Å². The molecule has 0 spiro atoms. The minimum Gasteiger partial charge on any atom is -0.493 e. The predicted octanol–water partition coefficient (Wildman–Crippen LogP) is 2.21. The summed E-state index contributed by atoms with van der Waals surface area (Å²) >= 11 is 0. The van der Waals surface area contributed by atoms with Crippen LogP contribution in [0.3, 0.4) is 0 Å². The van der Waals surface area contributed by atoms with E-state index in [1.807, 2.05) is 18.2 Å². The maximum Gasteiger partial charge on any atom is 0.159 e. The molecule has 0 fully saturated rings. The van der Waals surface area contributed by atoms with Crippen molar-refractivity contribution >= 4 is 5.78 Å². The van der Waals surface area contributed by atoms with Gasteiger partial charge in [-0.1, -0.05) is 12.1 Å². The third kappa shape index (κ3) is 1.57. The van der Waals surface area contributed by atoms with Gasteiger partial charge in [0, 0.05) is 5.56 Å². The normalized spacial score (nSPS) is 14.5. The third-order valence-corrected chi connectivity index (χ3v) is 2.32.